The van der Waals surface area contributed by atoms with E-state index in [2.05, 4.69) is 8.37 Å². The lowest BCUT2D eigenvalue weighted by Crippen LogP contribution is -2.29. The number of fused-ring (bicyclic) bond motifs is 2. The zero-order chi connectivity index (χ0) is 30.0. The summed E-state index contributed by atoms with van der Waals surface area (Å²) < 4.78 is 138. The Morgan fingerprint density at radius 1 is 0.525 bits per heavy atom. The van der Waals surface area contributed by atoms with Gasteiger partial charge in [-0.05, 0) is 33.7 Å². The Hall–Kier alpha value is -2.65. The van der Waals surface area contributed by atoms with Crippen molar-refractivity contribution in [1.29, 1.82) is 0 Å². The van der Waals surface area contributed by atoms with Gasteiger partial charge in [-0.1, -0.05) is 57.1 Å². The zero-order valence-electron chi connectivity index (χ0n) is 21.2. The van der Waals surface area contributed by atoms with Crippen LogP contribution in [0, 0.1) is 0 Å². The van der Waals surface area contributed by atoms with Gasteiger partial charge in [0.05, 0.1) is 0 Å². The van der Waals surface area contributed by atoms with Gasteiger partial charge in [0.2, 0.25) is 0 Å². The van der Waals surface area contributed by atoms with Crippen LogP contribution in [0.1, 0.15) is 0 Å². The van der Waals surface area contributed by atoms with Gasteiger partial charge in [0.1, 0.15) is 0 Å². The SMILES string of the molecule is O=S(=O)(Oc1cc([SiH3])c2cc([SiH3])ccc2c1-c1c(OS(=O)(=O)C(F)(F)F)cc([SiH3])c2cc([SiH3])ccc12)C(F)(F)F. The first kappa shape index (κ1) is 30.3. The van der Waals surface area contributed by atoms with E-state index in [0.29, 0.717) is 41.6 Å². The Balaban J connectivity index is 2.24. The van der Waals surface area contributed by atoms with Gasteiger partial charge >= 0.3 is 31.3 Å². The third-order valence-corrected chi connectivity index (χ3v) is 11.0. The molecule has 4 rings (SSSR count). The Morgan fingerprint density at radius 3 is 1.15 bits per heavy atom. The van der Waals surface area contributed by atoms with E-state index in [9.17, 15) is 43.2 Å². The van der Waals surface area contributed by atoms with Gasteiger partial charge in [0.15, 0.2) is 11.5 Å². The van der Waals surface area contributed by atoms with Crippen LogP contribution in [-0.4, -0.2) is 68.8 Å². The van der Waals surface area contributed by atoms with Crippen LogP contribution in [0.15, 0.2) is 48.5 Å². The number of alkyl halides is 6. The van der Waals surface area contributed by atoms with Crippen LogP contribution in [0.25, 0.3) is 32.7 Å². The topological polar surface area (TPSA) is 86.7 Å². The average molecular weight is 671 g/mol. The highest BCUT2D eigenvalue weighted by Crippen LogP contribution is 2.46. The molecule has 0 heterocycles. The quantitative estimate of drug-likeness (QED) is 0.107. The maximum Gasteiger partial charge on any atom is 0.534 e. The first-order valence-electron chi connectivity index (χ1n) is 11.3. The summed E-state index contributed by atoms with van der Waals surface area (Å²) in [6, 6.07) is 11.9. The minimum atomic E-state index is -6.22. The molecule has 0 unspecified atom stereocenters. The van der Waals surface area contributed by atoms with Crippen molar-refractivity contribution in [2.24, 2.45) is 0 Å². The fraction of sp³-hybridized carbons (Fsp3) is 0.0909. The number of hydrogen-bond acceptors (Lipinski definition) is 6. The molecule has 0 bridgehead atoms. The lowest BCUT2D eigenvalue weighted by atomic mass is 9.92. The second kappa shape index (κ2) is 10.0. The van der Waals surface area contributed by atoms with Crippen molar-refractivity contribution in [2.75, 3.05) is 0 Å². The molecule has 0 saturated carbocycles. The predicted molar refractivity (Wildman–Crippen MR) is 156 cm³/mol. The van der Waals surface area contributed by atoms with Gasteiger partial charge in [0.25, 0.3) is 0 Å². The predicted octanol–water partition coefficient (Wildman–Crippen LogP) is -1.92. The van der Waals surface area contributed by atoms with E-state index in [1.165, 1.54) is 12.1 Å². The maximum absolute atomic E-state index is 13.4. The summed E-state index contributed by atoms with van der Waals surface area (Å²) in [4.78, 5) is 0. The Kier molecular flexibility index (Phi) is 7.59. The highest BCUT2D eigenvalue weighted by molar-refractivity contribution is 7.88. The number of rotatable bonds is 5. The summed E-state index contributed by atoms with van der Waals surface area (Å²) in [5.41, 5.74) is -12.3. The van der Waals surface area contributed by atoms with Crippen LogP contribution in [0.2, 0.25) is 0 Å². The van der Waals surface area contributed by atoms with Crippen molar-refractivity contribution < 1.29 is 51.5 Å². The highest BCUT2D eigenvalue weighted by atomic mass is 32.2. The summed E-state index contributed by atoms with van der Waals surface area (Å²) in [6.07, 6.45) is 0. The van der Waals surface area contributed by atoms with E-state index in [4.69, 9.17) is 0 Å². The molecule has 4 aromatic carbocycles. The molecule has 0 amide bonds. The summed E-state index contributed by atoms with van der Waals surface area (Å²) in [6.45, 7) is 0. The lowest BCUT2D eigenvalue weighted by molar-refractivity contribution is -0.0505. The fourth-order valence-corrected chi connectivity index (χ4v) is 7.53. The lowest BCUT2D eigenvalue weighted by Gasteiger charge is -2.22. The van der Waals surface area contributed by atoms with Gasteiger partial charge in [-0.3, -0.25) is 0 Å². The van der Waals surface area contributed by atoms with Crippen LogP contribution < -0.4 is 29.1 Å². The van der Waals surface area contributed by atoms with Gasteiger partial charge in [0, 0.05) is 52.1 Å². The third-order valence-electron chi connectivity index (χ3n) is 6.14. The molecule has 4 aromatic rings. The van der Waals surface area contributed by atoms with Crippen LogP contribution in [0.5, 0.6) is 11.5 Å². The fourth-order valence-electron chi connectivity index (χ4n) is 4.34. The first-order chi connectivity index (χ1) is 18.2. The van der Waals surface area contributed by atoms with E-state index < -0.39 is 42.8 Å². The summed E-state index contributed by atoms with van der Waals surface area (Å²) >= 11 is 0. The van der Waals surface area contributed by atoms with Crippen LogP contribution in [0.4, 0.5) is 26.3 Å². The van der Waals surface area contributed by atoms with Crippen molar-refractivity contribution >= 4 is 103 Å². The second-order valence-electron chi connectivity index (χ2n) is 9.20. The van der Waals surface area contributed by atoms with Crippen molar-refractivity contribution in [2.45, 2.75) is 11.0 Å². The van der Waals surface area contributed by atoms with Gasteiger partial charge in [-0.25, -0.2) is 0 Å². The molecule has 0 saturated heterocycles. The molecule has 0 aromatic heterocycles. The zero-order valence-corrected chi connectivity index (χ0v) is 30.8. The molecule has 0 aliphatic carbocycles. The molecule has 40 heavy (non-hydrogen) atoms. The Bertz CT molecular complexity index is 1770. The van der Waals surface area contributed by atoms with Gasteiger partial charge in [-0.15, -0.1) is 0 Å². The van der Waals surface area contributed by atoms with Crippen molar-refractivity contribution in [3.8, 4) is 22.6 Å². The first-order valence-corrected chi connectivity index (χ1v) is 18.1. The molecule has 214 valence electrons. The Labute approximate surface area is 236 Å². The monoisotopic (exact) mass is 670 g/mol. The molecular formula is C22H20F6O6S2Si4. The smallest absolute Gasteiger partial charge is 0.375 e. The van der Waals surface area contributed by atoms with E-state index in [1.54, 1.807) is 24.3 Å². The summed E-state index contributed by atoms with van der Waals surface area (Å²) in [5, 5.41) is 4.01. The molecule has 0 atom stereocenters. The van der Waals surface area contributed by atoms with Crippen molar-refractivity contribution in [3.63, 3.8) is 0 Å². The minimum Gasteiger partial charge on any atom is -0.375 e. The van der Waals surface area contributed by atoms with Crippen molar-refractivity contribution in [1.82, 2.24) is 0 Å². The molecule has 0 radical (unpaired) electrons. The third kappa shape index (κ3) is 5.47. The van der Waals surface area contributed by atoms with E-state index in [0.717, 1.165) is 22.5 Å². The van der Waals surface area contributed by atoms with Gasteiger partial charge < -0.3 is 8.37 Å². The van der Waals surface area contributed by atoms with E-state index in [1.807, 2.05) is 0 Å². The minimum absolute atomic E-state index is 0.158. The van der Waals surface area contributed by atoms with E-state index in [-0.39, 0.29) is 42.4 Å². The van der Waals surface area contributed by atoms with Crippen LogP contribution >= 0.6 is 0 Å². The Morgan fingerprint density at radius 2 is 0.850 bits per heavy atom. The molecular weight excluding hydrogens is 651 g/mol. The summed E-state index contributed by atoms with van der Waals surface area (Å²) in [5.74, 6) is -1.63. The standard InChI is InChI=1S/C22H20F6O6S2Si4/c23-21(24,25)35(29,30)33-15-7-17(39)13-5-9(37)1-3-11(13)19(15)20-12-4-2-10(38)6-14(12)18(40)8-16(20)34-36(31,32)22(26,27)28/h1-8H,37-40H3. The molecule has 0 aliphatic rings. The normalized spacial score (nSPS) is 13.4. The average Bonchev–Trinajstić information content (AvgIpc) is 2.79. The maximum atomic E-state index is 13.4. The second-order valence-corrected chi connectivity index (χ2v) is 16.7. The molecule has 6 nitrogen and oxygen atoms in total. The van der Waals surface area contributed by atoms with Crippen LogP contribution in [-0.2, 0) is 20.2 Å². The molecule has 0 N–H and O–H groups in total. The number of benzene rings is 4. The van der Waals surface area contributed by atoms with Crippen LogP contribution in [0.3, 0.4) is 0 Å². The molecule has 0 fully saturated rings. The van der Waals surface area contributed by atoms with E-state index >= 15 is 0 Å². The van der Waals surface area contributed by atoms with Crippen molar-refractivity contribution in [3.05, 3.63) is 48.5 Å². The molecule has 0 spiro atoms. The number of halogens is 6. The van der Waals surface area contributed by atoms with Gasteiger partial charge in [-0.2, -0.15) is 43.2 Å². The summed E-state index contributed by atoms with van der Waals surface area (Å²) in [7, 11) is -10.8. The highest BCUT2D eigenvalue weighted by Gasteiger charge is 2.50. The largest absolute Gasteiger partial charge is 0.534 e. The molecule has 0 aliphatic heterocycles. The molecule has 18 heteroatoms. The number of hydrogen-bond donors (Lipinski definition) is 0.